The van der Waals surface area contributed by atoms with Crippen molar-refractivity contribution in [1.82, 2.24) is 10.3 Å². The predicted octanol–water partition coefficient (Wildman–Crippen LogP) is 1.71. The maximum absolute atomic E-state index is 11.3. The highest BCUT2D eigenvalue weighted by Gasteiger charge is 2.21. The van der Waals surface area contributed by atoms with Crippen LogP contribution in [0.5, 0.6) is 0 Å². The topological polar surface area (TPSA) is 82.2 Å². The number of carbonyl (C=O) groups is 2. The molecule has 1 atom stereocenters. The normalized spacial score (nSPS) is 12.3. The first kappa shape index (κ1) is 13.9. The summed E-state index contributed by atoms with van der Waals surface area (Å²) in [6.07, 6.45) is 2.05. The monoisotopic (exact) mass is 372 g/mol. The molecule has 1 heterocycles. The zero-order valence-electron chi connectivity index (χ0n) is 10.0. The molecule has 0 aliphatic rings. The predicted molar refractivity (Wildman–Crippen MR) is 80.5 cm³/mol. The first-order valence-electron chi connectivity index (χ1n) is 5.75. The van der Waals surface area contributed by atoms with Gasteiger partial charge in [0.2, 0.25) is 5.91 Å². The van der Waals surface area contributed by atoms with Crippen molar-refractivity contribution in [2.45, 2.75) is 12.5 Å². The van der Waals surface area contributed by atoms with E-state index in [1.165, 1.54) is 0 Å². The van der Waals surface area contributed by atoms with E-state index in [1.54, 1.807) is 6.20 Å². The number of nitrogens with one attached hydrogen (secondary N) is 2. The molecule has 0 radical (unpaired) electrons. The van der Waals surface area contributed by atoms with Crippen LogP contribution in [0.4, 0.5) is 0 Å². The number of carboxylic acids is 1. The van der Waals surface area contributed by atoms with E-state index in [0.29, 0.717) is 0 Å². The lowest BCUT2D eigenvalue weighted by molar-refractivity contribution is -0.141. The van der Waals surface area contributed by atoms with Crippen LogP contribution in [0.1, 0.15) is 5.56 Å². The van der Waals surface area contributed by atoms with Crippen LogP contribution >= 0.6 is 22.6 Å². The summed E-state index contributed by atoms with van der Waals surface area (Å²) in [4.78, 5) is 25.6. The molecule has 0 saturated carbocycles. The van der Waals surface area contributed by atoms with E-state index < -0.39 is 12.0 Å². The van der Waals surface area contributed by atoms with E-state index in [1.807, 2.05) is 46.9 Å². The maximum Gasteiger partial charge on any atom is 0.326 e. The zero-order valence-corrected chi connectivity index (χ0v) is 12.2. The van der Waals surface area contributed by atoms with Crippen LogP contribution in [0.15, 0.2) is 30.5 Å². The zero-order chi connectivity index (χ0) is 13.8. The quantitative estimate of drug-likeness (QED) is 0.552. The van der Waals surface area contributed by atoms with Gasteiger partial charge in [0.1, 0.15) is 6.04 Å². The van der Waals surface area contributed by atoms with Gasteiger partial charge in [0.05, 0.1) is 4.43 Å². The fraction of sp³-hybridized carbons (Fsp3) is 0.231. The minimum atomic E-state index is -1.02. The van der Waals surface area contributed by atoms with E-state index in [0.717, 1.165) is 16.5 Å². The van der Waals surface area contributed by atoms with Crippen LogP contribution in [0.2, 0.25) is 0 Å². The number of benzene rings is 1. The SMILES string of the molecule is O=C(CI)N[C@H](Cc1c[nH]c2ccccc12)C(=O)O. The summed E-state index contributed by atoms with van der Waals surface area (Å²) >= 11 is 1.90. The maximum atomic E-state index is 11.3. The number of amides is 1. The third-order valence-corrected chi connectivity index (χ3v) is 3.55. The summed E-state index contributed by atoms with van der Waals surface area (Å²) in [5, 5.41) is 12.7. The number of H-pyrrole nitrogens is 1. The van der Waals surface area contributed by atoms with Gasteiger partial charge >= 0.3 is 5.97 Å². The number of hydrogen-bond donors (Lipinski definition) is 3. The smallest absolute Gasteiger partial charge is 0.326 e. The molecule has 0 aliphatic heterocycles. The van der Waals surface area contributed by atoms with Crippen molar-refractivity contribution < 1.29 is 14.7 Å². The molecule has 1 amide bonds. The Hall–Kier alpha value is -1.57. The van der Waals surface area contributed by atoms with E-state index in [4.69, 9.17) is 5.11 Å². The van der Waals surface area contributed by atoms with Crippen molar-refractivity contribution in [2.75, 3.05) is 4.43 Å². The Morgan fingerprint density at radius 1 is 1.37 bits per heavy atom. The van der Waals surface area contributed by atoms with E-state index in [-0.39, 0.29) is 16.8 Å². The second kappa shape index (κ2) is 6.05. The molecule has 1 aromatic carbocycles. The number of carbonyl (C=O) groups excluding carboxylic acids is 1. The lowest BCUT2D eigenvalue weighted by atomic mass is 10.1. The van der Waals surface area contributed by atoms with Gasteiger partial charge < -0.3 is 15.4 Å². The molecule has 3 N–H and O–H groups in total. The minimum absolute atomic E-state index is 0.245. The summed E-state index contributed by atoms with van der Waals surface area (Å²) in [7, 11) is 0. The average Bonchev–Trinajstić information content (AvgIpc) is 2.81. The molecule has 0 bridgehead atoms. The number of alkyl halides is 1. The van der Waals surface area contributed by atoms with Crippen LogP contribution in [0, 0.1) is 0 Å². The number of aliphatic carboxylic acids is 1. The summed E-state index contributed by atoms with van der Waals surface area (Å²) in [6, 6.07) is 6.77. The number of halogens is 1. The molecule has 5 nitrogen and oxygen atoms in total. The number of rotatable bonds is 5. The summed E-state index contributed by atoms with van der Waals surface area (Å²) < 4.78 is 0.245. The fourth-order valence-corrected chi connectivity index (χ4v) is 2.17. The molecule has 0 saturated heterocycles. The number of aromatic nitrogens is 1. The minimum Gasteiger partial charge on any atom is -0.480 e. The second-order valence-electron chi connectivity index (χ2n) is 4.16. The first-order valence-corrected chi connectivity index (χ1v) is 7.27. The molecule has 100 valence electrons. The molecule has 1 aromatic heterocycles. The molecule has 2 rings (SSSR count). The van der Waals surface area contributed by atoms with Crippen molar-refractivity contribution in [3.63, 3.8) is 0 Å². The Morgan fingerprint density at radius 3 is 2.79 bits per heavy atom. The Kier molecular flexibility index (Phi) is 4.41. The fourth-order valence-electron chi connectivity index (χ4n) is 1.95. The standard InChI is InChI=1S/C13H13IN2O3/c14-6-12(17)16-11(13(18)19)5-8-7-15-10-4-2-1-3-9(8)10/h1-4,7,11,15H,5-6H2,(H,16,17)(H,18,19)/t11-/m1/s1. The van der Waals surface area contributed by atoms with Gasteiger partial charge in [0, 0.05) is 23.5 Å². The third-order valence-electron chi connectivity index (χ3n) is 2.85. The van der Waals surface area contributed by atoms with E-state index in [9.17, 15) is 9.59 Å². The second-order valence-corrected chi connectivity index (χ2v) is 4.92. The molecule has 6 heteroatoms. The largest absolute Gasteiger partial charge is 0.480 e. The summed E-state index contributed by atoms with van der Waals surface area (Å²) in [5.41, 5.74) is 1.85. The summed E-state index contributed by atoms with van der Waals surface area (Å²) in [6.45, 7) is 0. The third kappa shape index (κ3) is 3.25. The van der Waals surface area contributed by atoms with Crippen LogP contribution in [-0.2, 0) is 16.0 Å². The first-order chi connectivity index (χ1) is 9.11. The van der Waals surface area contributed by atoms with Gasteiger partial charge in [0.25, 0.3) is 0 Å². The van der Waals surface area contributed by atoms with Gasteiger partial charge in [-0.05, 0) is 11.6 Å². The highest BCUT2D eigenvalue weighted by atomic mass is 127. The van der Waals surface area contributed by atoms with Crippen LogP contribution in [-0.4, -0.2) is 32.4 Å². The molecule has 0 fully saturated rings. The number of carboxylic acid groups (broad SMARTS) is 1. The van der Waals surface area contributed by atoms with Crippen molar-refractivity contribution in [2.24, 2.45) is 0 Å². The molecule has 0 unspecified atom stereocenters. The number of para-hydroxylation sites is 1. The number of aromatic amines is 1. The molecular formula is C13H13IN2O3. The highest BCUT2D eigenvalue weighted by molar-refractivity contribution is 14.1. The Labute approximate surface area is 123 Å². The van der Waals surface area contributed by atoms with Gasteiger partial charge in [0.15, 0.2) is 0 Å². The number of fused-ring (bicyclic) bond motifs is 1. The molecular weight excluding hydrogens is 359 g/mol. The molecule has 19 heavy (non-hydrogen) atoms. The molecule has 0 spiro atoms. The van der Waals surface area contributed by atoms with Crippen LogP contribution in [0.3, 0.4) is 0 Å². The van der Waals surface area contributed by atoms with Crippen molar-refractivity contribution >= 4 is 45.4 Å². The van der Waals surface area contributed by atoms with Gasteiger partial charge in [-0.25, -0.2) is 4.79 Å². The van der Waals surface area contributed by atoms with Gasteiger partial charge in [-0.15, -0.1) is 0 Å². The lowest BCUT2D eigenvalue weighted by Gasteiger charge is -2.13. The highest BCUT2D eigenvalue weighted by Crippen LogP contribution is 2.19. The Bertz CT molecular complexity index is 609. The molecule has 0 aliphatic carbocycles. The number of hydrogen-bond acceptors (Lipinski definition) is 2. The van der Waals surface area contributed by atoms with Crippen molar-refractivity contribution in [1.29, 1.82) is 0 Å². The van der Waals surface area contributed by atoms with Gasteiger partial charge in [-0.1, -0.05) is 40.8 Å². The van der Waals surface area contributed by atoms with Gasteiger partial charge in [-0.2, -0.15) is 0 Å². The molecule has 2 aromatic rings. The average molecular weight is 372 g/mol. The van der Waals surface area contributed by atoms with Crippen LogP contribution < -0.4 is 5.32 Å². The van der Waals surface area contributed by atoms with Gasteiger partial charge in [-0.3, -0.25) is 4.79 Å². The lowest BCUT2D eigenvalue weighted by Crippen LogP contribution is -2.42. The van der Waals surface area contributed by atoms with E-state index >= 15 is 0 Å². The summed E-state index contributed by atoms with van der Waals surface area (Å²) in [5.74, 6) is -1.30. The Morgan fingerprint density at radius 2 is 2.11 bits per heavy atom. The van der Waals surface area contributed by atoms with E-state index in [2.05, 4.69) is 10.3 Å². The van der Waals surface area contributed by atoms with Crippen LogP contribution in [0.25, 0.3) is 10.9 Å². The Balaban J connectivity index is 2.21. The van der Waals surface area contributed by atoms with Crippen molar-refractivity contribution in [3.05, 3.63) is 36.0 Å². The van der Waals surface area contributed by atoms with Crippen molar-refractivity contribution in [3.8, 4) is 0 Å².